The first-order valence-corrected chi connectivity index (χ1v) is 8.79. The predicted octanol–water partition coefficient (Wildman–Crippen LogP) is 3.12. The fraction of sp³-hybridized carbons (Fsp3) is 0.286. The number of hydrogen-bond donors (Lipinski definition) is 1. The molecular weight excluding hydrogens is 362 g/mol. The molecule has 0 unspecified atom stereocenters. The van der Waals surface area contributed by atoms with Crippen molar-refractivity contribution in [2.75, 3.05) is 18.5 Å². The highest BCUT2D eigenvalue weighted by Gasteiger charge is 2.11. The van der Waals surface area contributed by atoms with Gasteiger partial charge in [0.1, 0.15) is 5.75 Å². The maximum absolute atomic E-state index is 11.9. The van der Waals surface area contributed by atoms with Crippen LogP contribution in [0.3, 0.4) is 0 Å². The number of aryl methyl sites for hydroxylation is 1. The Bertz CT molecular complexity index is 829. The van der Waals surface area contributed by atoms with Crippen molar-refractivity contribution in [3.05, 3.63) is 59.7 Å². The molecule has 2 aromatic carbocycles. The van der Waals surface area contributed by atoms with E-state index in [0.717, 1.165) is 5.56 Å². The van der Waals surface area contributed by atoms with Gasteiger partial charge in [-0.2, -0.15) is 0 Å². The van der Waals surface area contributed by atoms with E-state index in [1.165, 1.54) is 0 Å². The van der Waals surface area contributed by atoms with E-state index in [2.05, 4.69) is 5.32 Å². The Morgan fingerprint density at radius 2 is 1.71 bits per heavy atom. The van der Waals surface area contributed by atoms with Crippen LogP contribution in [0, 0.1) is 6.92 Å². The number of ether oxygens (including phenoxy) is 3. The molecule has 28 heavy (non-hydrogen) atoms. The van der Waals surface area contributed by atoms with Crippen LogP contribution in [0.5, 0.6) is 5.75 Å². The number of carbonyl (C=O) groups is 3. The van der Waals surface area contributed by atoms with Crippen molar-refractivity contribution in [1.82, 2.24) is 0 Å². The summed E-state index contributed by atoms with van der Waals surface area (Å²) in [6.07, 6.45) is -0.212. The molecule has 0 radical (unpaired) electrons. The highest BCUT2D eigenvalue weighted by atomic mass is 16.6. The lowest BCUT2D eigenvalue weighted by Gasteiger charge is -2.10. The fourth-order valence-corrected chi connectivity index (χ4v) is 2.20. The Hall–Kier alpha value is -3.35. The van der Waals surface area contributed by atoms with Crippen molar-refractivity contribution < 1.29 is 28.6 Å². The van der Waals surface area contributed by atoms with E-state index in [1.807, 2.05) is 19.1 Å². The summed E-state index contributed by atoms with van der Waals surface area (Å²) in [6.45, 7) is 4.71. The number of amides is 1. The summed E-state index contributed by atoms with van der Waals surface area (Å²) in [7, 11) is 0. The standard InChI is InChI=1S/C21H23NO6/c1-14(2)28-21(25)16-7-9-17(10-8-16)22-19(23)12-27-20(24)13-26-18-6-4-5-15(3)11-18/h4-11,14H,12-13H2,1-3H3,(H,22,23). The molecule has 0 heterocycles. The summed E-state index contributed by atoms with van der Waals surface area (Å²) in [6, 6.07) is 13.5. The van der Waals surface area contributed by atoms with Gasteiger partial charge in [-0.1, -0.05) is 12.1 Å². The van der Waals surface area contributed by atoms with Crippen LogP contribution >= 0.6 is 0 Å². The van der Waals surface area contributed by atoms with E-state index >= 15 is 0 Å². The van der Waals surface area contributed by atoms with Gasteiger partial charge in [-0.05, 0) is 62.7 Å². The van der Waals surface area contributed by atoms with Gasteiger partial charge in [-0.15, -0.1) is 0 Å². The number of esters is 2. The number of nitrogens with one attached hydrogen (secondary N) is 1. The zero-order valence-electron chi connectivity index (χ0n) is 16.1. The lowest BCUT2D eigenvalue weighted by molar-refractivity contribution is -0.149. The van der Waals surface area contributed by atoms with Crippen LogP contribution in [0.1, 0.15) is 29.8 Å². The maximum atomic E-state index is 11.9. The summed E-state index contributed by atoms with van der Waals surface area (Å²) in [4.78, 5) is 35.3. The van der Waals surface area contributed by atoms with Gasteiger partial charge in [0, 0.05) is 5.69 Å². The van der Waals surface area contributed by atoms with Crippen molar-refractivity contribution in [3.63, 3.8) is 0 Å². The van der Waals surface area contributed by atoms with E-state index < -0.39 is 24.5 Å². The van der Waals surface area contributed by atoms with Crippen LogP contribution in [-0.2, 0) is 19.1 Å². The number of anilines is 1. The minimum absolute atomic E-state index is 0.212. The number of carbonyl (C=O) groups excluding carboxylic acids is 3. The molecule has 2 rings (SSSR count). The molecule has 0 fully saturated rings. The molecule has 0 aliphatic heterocycles. The topological polar surface area (TPSA) is 90.9 Å². The fourth-order valence-electron chi connectivity index (χ4n) is 2.20. The van der Waals surface area contributed by atoms with Crippen molar-refractivity contribution >= 4 is 23.5 Å². The molecule has 0 aliphatic rings. The smallest absolute Gasteiger partial charge is 0.344 e. The minimum Gasteiger partial charge on any atom is -0.482 e. The summed E-state index contributed by atoms with van der Waals surface area (Å²) in [5, 5.41) is 2.58. The molecule has 0 aromatic heterocycles. The molecule has 148 valence electrons. The molecule has 7 nitrogen and oxygen atoms in total. The third-order valence-electron chi connectivity index (χ3n) is 3.46. The monoisotopic (exact) mass is 385 g/mol. The second kappa shape index (κ2) is 10.1. The SMILES string of the molecule is Cc1cccc(OCC(=O)OCC(=O)Nc2ccc(C(=O)OC(C)C)cc2)c1. The molecule has 0 saturated carbocycles. The number of benzene rings is 2. The molecule has 1 N–H and O–H groups in total. The van der Waals surface area contributed by atoms with Gasteiger partial charge in [-0.3, -0.25) is 4.79 Å². The summed E-state index contributed by atoms with van der Waals surface area (Å²) in [5.74, 6) is -1.03. The largest absolute Gasteiger partial charge is 0.482 e. The first kappa shape index (κ1) is 21.0. The van der Waals surface area contributed by atoms with Crippen molar-refractivity contribution in [2.45, 2.75) is 26.9 Å². The van der Waals surface area contributed by atoms with Crippen LogP contribution in [0.2, 0.25) is 0 Å². The molecule has 1 amide bonds. The molecule has 0 saturated heterocycles. The molecule has 0 atom stereocenters. The van der Waals surface area contributed by atoms with E-state index in [0.29, 0.717) is 17.0 Å². The molecule has 2 aromatic rings. The Kier molecular flexibility index (Phi) is 7.56. The quantitative estimate of drug-likeness (QED) is 0.702. The number of rotatable bonds is 8. The van der Waals surface area contributed by atoms with Crippen molar-refractivity contribution in [3.8, 4) is 5.75 Å². The third kappa shape index (κ3) is 7.11. The highest BCUT2D eigenvalue weighted by Crippen LogP contribution is 2.13. The van der Waals surface area contributed by atoms with Crippen LogP contribution in [0.4, 0.5) is 5.69 Å². The highest BCUT2D eigenvalue weighted by molar-refractivity contribution is 5.94. The molecule has 0 bridgehead atoms. The Morgan fingerprint density at radius 1 is 1.00 bits per heavy atom. The molecule has 0 spiro atoms. The van der Waals surface area contributed by atoms with Gasteiger partial charge in [0.15, 0.2) is 13.2 Å². The van der Waals surface area contributed by atoms with Crippen LogP contribution in [0.15, 0.2) is 48.5 Å². The van der Waals surface area contributed by atoms with E-state index in [9.17, 15) is 14.4 Å². The minimum atomic E-state index is -0.650. The summed E-state index contributed by atoms with van der Waals surface area (Å²) in [5.41, 5.74) is 1.86. The van der Waals surface area contributed by atoms with Gasteiger partial charge in [0.05, 0.1) is 11.7 Å². The number of hydrogen-bond acceptors (Lipinski definition) is 6. The van der Waals surface area contributed by atoms with Gasteiger partial charge in [-0.25, -0.2) is 9.59 Å². The average Bonchev–Trinajstić information content (AvgIpc) is 2.65. The predicted molar refractivity (Wildman–Crippen MR) is 103 cm³/mol. The van der Waals surface area contributed by atoms with Gasteiger partial charge >= 0.3 is 11.9 Å². The second-order valence-corrected chi connectivity index (χ2v) is 6.35. The van der Waals surface area contributed by atoms with Gasteiger partial charge in [0.25, 0.3) is 5.91 Å². The van der Waals surface area contributed by atoms with Gasteiger partial charge < -0.3 is 19.5 Å². The van der Waals surface area contributed by atoms with E-state index in [4.69, 9.17) is 14.2 Å². The molecule has 0 aliphatic carbocycles. The lowest BCUT2D eigenvalue weighted by atomic mass is 10.2. The van der Waals surface area contributed by atoms with Crippen LogP contribution < -0.4 is 10.1 Å². The second-order valence-electron chi connectivity index (χ2n) is 6.35. The zero-order chi connectivity index (χ0) is 20.5. The first-order chi connectivity index (χ1) is 13.3. The van der Waals surface area contributed by atoms with E-state index in [-0.39, 0.29) is 12.7 Å². The Balaban J connectivity index is 1.74. The Morgan fingerprint density at radius 3 is 2.36 bits per heavy atom. The summed E-state index contributed by atoms with van der Waals surface area (Å²) < 4.78 is 15.3. The Labute approximate surface area is 163 Å². The summed E-state index contributed by atoms with van der Waals surface area (Å²) >= 11 is 0. The maximum Gasteiger partial charge on any atom is 0.344 e. The molecule has 7 heteroatoms. The molecular formula is C21H23NO6. The normalized spacial score (nSPS) is 10.3. The third-order valence-corrected chi connectivity index (χ3v) is 3.46. The zero-order valence-corrected chi connectivity index (χ0v) is 16.1. The lowest BCUT2D eigenvalue weighted by Crippen LogP contribution is -2.23. The van der Waals surface area contributed by atoms with Crippen LogP contribution in [0.25, 0.3) is 0 Å². The van der Waals surface area contributed by atoms with Gasteiger partial charge in [0.2, 0.25) is 0 Å². The van der Waals surface area contributed by atoms with Crippen molar-refractivity contribution in [2.24, 2.45) is 0 Å². The van der Waals surface area contributed by atoms with Crippen molar-refractivity contribution in [1.29, 1.82) is 0 Å². The van der Waals surface area contributed by atoms with Crippen LogP contribution in [-0.4, -0.2) is 37.2 Å². The first-order valence-electron chi connectivity index (χ1n) is 8.79. The van der Waals surface area contributed by atoms with E-state index in [1.54, 1.807) is 50.2 Å². The average molecular weight is 385 g/mol.